The van der Waals surface area contributed by atoms with Crippen molar-refractivity contribution in [2.24, 2.45) is 7.05 Å². The molecule has 0 aliphatic heterocycles. The zero-order valence-corrected chi connectivity index (χ0v) is 11.7. The summed E-state index contributed by atoms with van der Waals surface area (Å²) in [5.74, 6) is 0.485. The molecule has 0 bridgehead atoms. The third-order valence-corrected chi connectivity index (χ3v) is 3.16. The minimum absolute atomic E-state index is 0.346. The maximum absolute atomic E-state index is 11.5. The van der Waals surface area contributed by atoms with Crippen LogP contribution in [-0.4, -0.2) is 17.6 Å². The molecule has 5 heteroatoms. The molecule has 0 saturated carbocycles. The molecule has 1 aromatic heterocycles. The molecule has 0 aliphatic rings. The van der Waals surface area contributed by atoms with Crippen LogP contribution in [0.2, 0.25) is 0 Å². The van der Waals surface area contributed by atoms with E-state index in [1.54, 1.807) is 10.6 Å². The summed E-state index contributed by atoms with van der Waals surface area (Å²) in [6, 6.07) is 11.4. The van der Waals surface area contributed by atoms with Gasteiger partial charge < -0.3 is 14.6 Å². The quantitative estimate of drug-likeness (QED) is 0.885. The molecule has 1 aromatic carbocycles. The number of aromatic nitrogens is 1. The Morgan fingerprint density at radius 2 is 1.89 bits per heavy atom. The lowest BCUT2D eigenvalue weighted by molar-refractivity contribution is 0.0590. The van der Waals surface area contributed by atoms with E-state index in [2.05, 4.69) is 21.2 Å². The van der Waals surface area contributed by atoms with Crippen molar-refractivity contribution in [3.63, 3.8) is 0 Å². The first-order valence-corrected chi connectivity index (χ1v) is 6.17. The second-order valence-corrected chi connectivity index (χ2v) is 4.70. The van der Waals surface area contributed by atoms with Gasteiger partial charge in [0.2, 0.25) is 0 Å². The fourth-order valence-corrected chi connectivity index (χ4v) is 1.89. The average molecular weight is 309 g/mol. The van der Waals surface area contributed by atoms with Crippen molar-refractivity contribution in [1.29, 1.82) is 0 Å². The first kappa shape index (κ1) is 12.7. The van der Waals surface area contributed by atoms with Crippen LogP contribution in [0.4, 0.5) is 11.5 Å². The van der Waals surface area contributed by atoms with Crippen molar-refractivity contribution in [2.75, 3.05) is 12.4 Å². The molecule has 2 rings (SSSR count). The largest absolute Gasteiger partial charge is 0.464 e. The Balaban J connectivity index is 2.22. The number of ether oxygens (including phenoxy) is 1. The number of halogens is 1. The van der Waals surface area contributed by atoms with Crippen molar-refractivity contribution in [3.05, 3.63) is 46.6 Å². The van der Waals surface area contributed by atoms with Crippen LogP contribution in [-0.2, 0) is 11.8 Å². The summed E-state index contributed by atoms with van der Waals surface area (Å²) in [6.07, 6.45) is 0. The van der Waals surface area contributed by atoms with Gasteiger partial charge in [0.1, 0.15) is 11.5 Å². The first-order chi connectivity index (χ1) is 8.61. The van der Waals surface area contributed by atoms with Crippen molar-refractivity contribution in [3.8, 4) is 0 Å². The smallest absolute Gasteiger partial charge is 0.354 e. The Morgan fingerprint density at radius 3 is 2.50 bits per heavy atom. The van der Waals surface area contributed by atoms with Crippen LogP contribution >= 0.6 is 15.9 Å². The summed E-state index contributed by atoms with van der Waals surface area (Å²) in [7, 11) is 3.19. The van der Waals surface area contributed by atoms with E-state index in [0.29, 0.717) is 5.69 Å². The molecule has 0 radical (unpaired) electrons. The lowest BCUT2D eigenvalue weighted by atomic mass is 10.3. The molecule has 0 aliphatic carbocycles. The van der Waals surface area contributed by atoms with Crippen molar-refractivity contribution >= 4 is 33.4 Å². The minimum Gasteiger partial charge on any atom is -0.464 e. The molecule has 18 heavy (non-hydrogen) atoms. The predicted molar refractivity (Wildman–Crippen MR) is 74.2 cm³/mol. The topological polar surface area (TPSA) is 43.3 Å². The summed E-state index contributed by atoms with van der Waals surface area (Å²) < 4.78 is 7.48. The minimum atomic E-state index is -0.346. The first-order valence-electron chi connectivity index (χ1n) is 5.38. The number of anilines is 2. The molecule has 0 unspecified atom stereocenters. The maximum Gasteiger partial charge on any atom is 0.354 e. The van der Waals surface area contributed by atoms with Crippen LogP contribution < -0.4 is 5.32 Å². The van der Waals surface area contributed by atoms with Gasteiger partial charge in [-0.1, -0.05) is 15.9 Å². The molecule has 0 amide bonds. The zero-order chi connectivity index (χ0) is 13.1. The van der Waals surface area contributed by atoms with E-state index in [0.717, 1.165) is 16.0 Å². The number of rotatable bonds is 3. The second kappa shape index (κ2) is 5.27. The van der Waals surface area contributed by atoms with Gasteiger partial charge in [-0.15, -0.1) is 0 Å². The molecular formula is C13H13BrN2O2. The predicted octanol–water partition coefficient (Wildman–Crippen LogP) is 3.32. The highest BCUT2D eigenvalue weighted by molar-refractivity contribution is 9.10. The SMILES string of the molecule is COC(=O)c1ccc(Nc2ccc(Br)cc2)n1C. The van der Waals surface area contributed by atoms with Crippen LogP contribution in [0, 0.1) is 0 Å². The molecule has 0 spiro atoms. The highest BCUT2D eigenvalue weighted by Gasteiger charge is 2.12. The number of nitrogens with zero attached hydrogens (tertiary/aromatic N) is 1. The number of benzene rings is 1. The van der Waals surface area contributed by atoms with Crippen molar-refractivity contribution < 1.29 is 9.53 Å². The molecule has 94 valence electrons. The number of carbonyl (C=O) groups excluding carboxylic acids is 1. The Bertz CT molecular complexity index is 561. The van der Waals surface area contributed by atoms with E-state index in [4.69, 9.17) is 4.74 Å². The molecule has 1 N–H and O–H groups in total. The number of esters is 1. The number of nitrogens with one attached hydrogen (secondary N) is 1. The molecule has 1 heterocycles. The number of methoxy groups -OCH3 is 1. The monoisotopic (exact) mass is 308 g/mol. The summed E-state index contributed by atoms with van der Waals surface area (Å²) in [5, 5.41) is 3.23. The van der Waals surface area contributed by atoms with E-state index in [-0.39, 0.29) is 5.97 Å². The van der Waals surface area contributed by atoms with Gasteiger partial charge in [-0.05, 0) is 36.4 Å². The van der Waals surface area contributed by atoms with Gasteiger partial charge in [-0.25, -0.2) is 4.79 Å². The average Bonchev–Trinajstić information content (AvgIpc) is 2.73. The van der Waals surface area contributed by atoms with Gasteiger partial charge >= 0.3 is 5.97 Å². The van der Waals surface area contributed by atoms with Crippen LogP contribution in [0.25, 0.3) is 0 Å². The molecule has 0 atom stereocenters. The number of hydrogen-bond donors (Lipinski definition) is 1. The van der Waals surface area contributed by atoms with E-state index in [1.165, 1.54) is 7.11 Å². The molecule has 0 saturated heterocycles. The van der Waals surface area contributed by atoms with Crippen molar-refractivity contribution in [1.82, 2.24) is 4.57 Å². The van der Waals surface area contributed by atoms with Crippen molar-refractivity contribution in [2.45, 2.75) is 0 Å². The Morgan fingerprint density at radius 1 is 1.22 bits per heavy atom. The lowest BCUT2D eigenvalue weighted by Crippen LogP contribution is -2.09. The Hall–Kier alpha value is -1.75. The highest BCUT2D eigenvalue weighted by Crippen LogP contribution is 2.21. The number of hydrogen-bond acceptors (Lipinski definition) is 3. The third-order valence-electron chi connectivity index (χ3n) is 2.63. The second-order valence-electron chi connectivity index (χ2n) is 3.79. The third kappa shape index (κ3) is 2.56. The van der Waals surface area contributed by atoms with Crippen LogP contribution in [0.15, 0.2) is 40.9 Å². The van der Waals surface area contributed by atoms with E-state index in [1.807, 2.05) is 37.4 Å². The zero-order valence-electron chi connectivity index (χ0n) is 10.1. The molecule has 0 fully saturated rings. The molecule has 4 nitrogen and oxygen atoms in total. The highest BCUT2D eigenvalue weighted by atomic mass is 79.9. The molecule has 2 aromatic rings. The lowest BCUT2D eigenvalue weighted by Gasteiger charge is -2.09. The normalized spacial score (nSPS) is 10.2. The Kier molecular flexibility index (Phi) is 3.72. The van der Waals surface area contributed by atoms with Gasteiger partial charge in [-0.2, -0.15) is 0 Å². The van der Waals surface area contributed by atoms with Crippen LogP contribution in [0.5, 0.6) is 0 Å². The van der Waals surface area contributed by atoms with E-state index in [9.17, 15) is 4.79 Å². The summed E-state index contributed by atoms with van der Waals surface area (Å²) in [4.78, 5) is 11.5. The van der Waals surface area contributed by atoms with Gasteiger partial charge in [0, 0.05) is 17.2 Å². The van der Waals surface area contributed by atoms with Gasteiger partial charge in [0.15, 0.2) is 0 Å². The fraction of sp³-hybridized carbons (Fsp3) is 0.154. The van der Waals surface area contributed by atoms with E-state index >= 15 is 0 Å². The van der Waals surface area contributed by atoms with Crippen LogP contribution in [0.3, 0.4) is 0 Å². The number of carbonyl (C=O) groups is 1. The van der Waals surface area contributed by atoms with E-state index < -0.39 is 0 Å². The van der Waals surface area contributed by atoms with Gasteiger partial charge in [0.05, 0.1) is 7.11 Å². The van der Waals surface area contributed by atoms with Gasteiger partial charge in [0.25, 0.3) is 0 Å². The molecular weight excluding hydrogens is 296 g/mol. The standard InChI is InChI=1S/C13H13BrN2O2/c1-16-11(13(17)18-2)7-8-12(16)15-10-5-3-9(14)4-6-10/h3-8,15H,1-2H3. The van der Waals surface area contributed by atoms with Gasteiger partial charge in [-0.3, -0.25) is 0 Å². The van der Waals surface area contributed by atoms with Crippen LogP contribution in [0.1, 0.15) is 10.5 Å². The Labute approximate surface area is 114 Å². The summed E-state index contributed by atoms with van der Waals surface area (Å²) >= 11 is 3.38. The maximum atomic E-state index is 11.5. The fourth-order valence-electron chi connectivity index (χ4n) is 1.63. The summed E-state index contributed by atoms with van der Waals surface area (Å²) in [6.45, 7) is 0. The summed E-state index contributed by atoms with van der Waals surface area (Å²) in [5.41, 5.74) is 1.47.